The molecule has 3 aromatic rings. The van der Waals surface area contributed by atoms with Gasteiger partial charge in [-0.05, 0) is 58.2 Å². The average Bonchev–Trinajstić information content (AvgIpc) is 3.18. The summed E-state index contributed by atoms with van der Waals surface area (Å²) in [4.78, 5) is 0. The molecule has 1 unspecified atom stereocenters. The lowest BCUT2D eigenvalue weighted by molar-refractivity contribution is 0.290. The Morgan fingerprint density at radius 1 is 0.833 bits per heavy atom. The summed E-state index contributed by atoms with van der Waals surface area (Å²) in [7, 11) is 1.02. The van der Waals surface area contributed by atoms with Crippen molar-refractivity contribution in [2.24, 2.45) is 0 Å². The molecule has 0 fully saturated rings. The molecule has 1 heterocycles. The maximum absolute atomic E-state index is 14.1. The second-order valence-corrected chi connectivity index (χ2v) is 12.4. The van der Waals surface area contributed by atoms with Crippen molar-refractivity contribution in [1.29, 1.82) is 0 Å². The highest BCUT2D eigenvalue weighted by atomic mass is 31.1. The van der Waals surface area contributed by atoms with Gasteiger partial charge in [0.05, 0.1) is 25.1 Å². The Kier molecular flexibility index (Phi) is 7.85. The molecule has 0 radical (unpaired) electrons. The first kappa shape index (κ1) is 26.4. The standard InChI is InChI=1S/C31H39O4P/c1-18(2)21-15-23(19(3)4)25(24(16-21)20(5)6)17-29-35-28-14-9-11-22(31(28)36(29)32)30-26(33-7)12-10-13-27(30)34-8/h9-16,18-20,29,36H,17H2,1-8H3/t29-/m1/s1. The van der Waals surface area contributed by atoms with E-state index in [4.69, 9.17) is 14.2 Å². The normalized spacial score (nSPS) is 17.0. The second kappa shape index (κ2) is 10.7. The third kappa shape index (κ3) is 4.81. The van der Waals surface area contributed by atoms with Crippen molar-refractivity contribution in [2.75, 3.05) is 14.2 Å². The van der Waals surface area contributed by atoms with Crippen LogP contribution in [-0.4, -0.2) is 20.1 Å². The molecule has 4 rings (SSSR count). The van der Waals surface area contributed by atoms with E-state index < -0.39 is 7.80 Å². The SMILES string of the molecule is COc1cccc(OC)c1-c1cccc2c1[PH](=O)[C@H](Cc1c(C(C)C)cc(C(C)C)cc1C(C)C)O2. The van der Waals surface area contributed by atoms with E-state index in [1.54, 1.807) is 14.2 Å². The number of methoxy groups -OCH3 is 2. The van der Waals surface area contributed by atoms with Crippen LogP contribution in [0, 0.1) is 0 Å². The Bertz CT molecular complexity index is 1220. The summed E-state index contributed by atoms with van der Waals surface area (Å²) < 4.78 is 31.9. The highest BCUT2D eigenvalue weighted by Gasteiger charge is 2.36. The van der Waals surface area contributed by atoms with Gasteiger partial charge >= 0.3 is 0 Å². The molecule has 3 aromatic carbocycles. The van der Waals surface area contributed by atoms with Gasteiger partial charge in [-0.3, -0.25) is 0 Å². The van der Waals surface area contributed by atoms with Crippen LogP contribution in [0.3, 0.4) is 0 Å². The molecule has 0 spiro atoms. The van der Waals surface area contributed by atoms with Crippen LogP contribution in [-0.2, 0) is 11.0 Å². The Morgan fingerprint density at radius 3 is 1.89 bits per heavy atom. The summed E-state index contributed by atoms with van der Waals surface area (Å²) in [6.45, 7) is 13.5. The lowest BCUT2D eigenvalue weighted by Crippen LogP contribution is -2.16. The molecule has 0 saturated carbocycles. The monoisotopic (exact) mass is 506 g/mol. The zero-order valence-electron chi connectivity index (χ0n) is 22.8. The molecule has 1 aliphatic heterocycles. The smallest absolute Gasteiger partial charge is 0.156 e. The quantitative estimate of drug-likeness (QED) is 0.292. The van der Waals surface area contributed by atoms with Gasteiger partial charge in [-0.25, -0.2) is 0 Å². The summed E-state index contributed by atoms with van der Waals surface area (Å²) in [5.74, 6) is 2.89. The maximum atomic E-state index is 14.1. The first-order valence-electron chi connectivity index (χ1n) is 12.9. The van der Waals surface area contributed by atoms with Crippen molar-refractivity contribution in [2.45, 2.75) is 71.6 Å². The Labute approximate surface area is 216 Å². The van der Waals surface area contributed by atoms with Gasteiger partial charge in [-0.15, -0.1) is 0 Å². The zero-order valence-corrected chi connectivity index (χ0v) is 23.8. The van der Waals surface area contributed by atoms with E-state index in [0.717, 1.165) is 16.4 Å². The number of ether oxygens (including phenoxy) is 3. The fourth-order valence-corrected chi connectivity index (χ4v) is 7.04. The molecule has 4 nitrogen and oxygen atoms in total. The molecule has 36 heavy (non-hydrogen) atoms. The van der Waals surface area contributed by atoms with E-state index in [9.17, 15) is 4.57 Å². The van der Waals surface area contributed by atoms with Crippen molar-refractivity contribution in [3.8, 4) is 28.4 Å². The van der Waals surface area contributed by atoms with Crippen molar-refractivity contribution in [3.63, 3.8) is 0 Å². The summed E-state index contributed by atoms with van der Waals surface area (Å²) in [5.41, 5.74) is 7.00. The Balaban J connectivity index is 1.80. The van der Waals surface area contributed by atoms with Crippen molar-refractivity contribution < 1.29 is 18.8 Å². The molecular formula is C31H39O4P. The summed E-state index contributed by atoms with van der Waals surface area (Å²) in [6, 6.07) is 16.3. The van der Waals surface area contributed by atoms with E-state index in [0.29, 0.717) is 41.4 Å². The number of hydrogen-bond acceptors (Lipinski definition) is 4. The van der Waals surface area contributed by atoms with Gasteiger partial charge in [-0.1, -0.05) is 71.9 Å². The first-order chi connectivity index (χ1) is 17.2. The van der Waals surface area contributed by atoms with E-state index in [1.165, 1.54) is 22.3 Å². The third-order valence-corrected chi connectivity index (χ3v) is 9.09. The molecular weight excluding hydrogens is 467 g/mol. The van der Waals surface area contributed by atoms with E-state index in [-0.39, 0.29) is 5.85 Å². The van der Waals surface area contributed by atoms with Gasteiger partial charge in [0, 0.05) is 12.0 Å². The van der Waals surface area contributed by atoms with Crippen molar-refractivity contribution in [3.05, 3.63) is 70.8 Å². The molecule has 0 saturated heterocycles. The number of benzene rings is 3. The first-order valence-corrected chi connectivity index (χ1v) is 14.4. The Hall–Kier alpha value is -2.71. The van der Waals surface area contributed by atoms with Crippen LogP contribution in [0.5, 0.6) is 17.2 Å². The van der Waals surface area contributed by atoms with E-state index >= 15 is 0 Å². The van der Waals surface area contributed by atoms with Gasteiger partial charge in [0.2, 0.25) is 0 Å². The molecule has 0 bridgehead atoms. The van der Waals surface area contributed by atoms with Crippen LogP contribution in [0.15, 0.2) is 48.5 Å². The fraction of sp³-hybridized carbons (Fsp3) is 0.419. The van der Waals surface area contributed by atoms with Crippen LogP contribution in [0.1, 0.15) is 81.5 Å². The largest absolute Gasteiger partial charge is 0.496 e. The van der Waals surface area contributed by atoms with Crippen LogP contribution in [0.2, 0.25) is 0 Å². The highest BCUT2D eigenvalue weighted by molar-refractivity contribution is 7.55. The molecule has 0 N–H and O–H groups in total. The third-order valence-electron chi connectivity index (χ3n) is 7.17. The highest BCUT2D eigenvalue weighted by Crippen LogP contribution is 2.49. The minimum Gasteiger partial charge on any atom is -0.496 e. The van der Waals surface area contributed by atoms with Gasteiger partial charge in [0.1, 0.15) is 25.0 Å². The van der Waals surface area contributed by atoms with Crippen molar-refractivity contribution >= 4 is 13.1 Å². The van der Waals surface area contributed by atoms with E-state index in [1.807, 2.05) is 36.4 Å². The van der Waals surface area contributed by atoms with Gasteiger partial charge in [-0.2, -0.15) is 0 Å². The number of hydrogen-bond donors (Lipinski definition) is 0. The van der Waals surface area contributed by atoms with Crippen LogP contribution in [0.25, 0.3) is 11.1 Å². The average molecular weight is 507 g/mol. The molecule has 5 heteroatoms. The van der Waals surface area contributed by atoms with Crippen molar-refractivity contribution in [1.82, 2.24) is 0 Å². The minimum atomic E-state index is -2.27. The van der Waals surface area contributed by atoms with Crippen LogP contribution < -0.4 is 19.5 Å². The predicted molar refractivity (Wildman–Crippen MR) is 150 cm³/mol. The summed E-state index contributed by atoms with van der Waals surface area (Å²) >= 11 is 0. The van der Waals surface area contributed by atoms with E-state index in [2.05, 4.69) is 53.7 Å². The number of fused-ring (bicyclic) bond motifs is 1. The minimum absolute atomic E-state index is 0.371. The molecule has 0 amide bonds. The van der Waals surface area contributed by atoms with Gasteiger partial charge in [0.25, 0.3) is 0 Å². The second-order valence-electron chi connectivity index (χ2n) is 10.5. The fourth-order valence-electron chi connectivity index (χ4n) is 5.24. The molecule has 2 atom stereocenters. The van der Waals surface area contributed by atoms with Crippen LogP contribution >= 0.6 is 7.80 Å². The topological polar surface area (TPSA) is 44.8 Å². The number of rotatable bonds is 8. The van der Waals surface area contributed by atoms with Crippen LogP contribution in [0.4, 0.5) is 0 Å². The lowest BCUT2D eigenvalue weighted by Gasteiger charge is -2.24. The molecule has 1 aliphatic rings. The Morgan fingerprint density at radius 2 is 1.39 bits per heavy atom. The van der Waals surface area contributed by atoms with Gasteiger partial charge in [0.15, 0.2) is 5.85 Å². The predicted octanol–water partition coefficient (Wildman–Crippen LogP) is 7.89. The van der Waals surface area contributed by atoms with Gasteiger partial charge < -0.3 is 18.8 Å². The summed E-state index contributed by atoms with van der Waals surface area (Å²) in [6.07, 6.45) is 0.633. The molecule has 192 valence electrons. The molecule has 0 aromatic heterocycles. The summed E-state index contributed by atoms with van der Waals surface area (Å²) in [5, 5.41) is 0.784. The lowest BCUT2D eigenvalue weighted by atomic mass is 9.83. The maximum Gasteiger partial charge on any atom is 0.156 e. The zero-order chi connectivity index (χ0) is 26.1. The molecule has 0 aliphatic carbocycles.